The summed E-state index contributed by atoms with van der Waals surface area (Å²) >= 11 is 0. The van der Waals surface area contributed by atoms with Gasteiger partial charge in [0.2, 0.25) is 0 Å². The third kappa shape index (κ3) is 54.2. The zero-order valence-corrected chi connectivity index (χ0v) is 44.7. The second-order valence-electron chi connectivity index (χ2n) is 19.6. The molecule has 0 amide bonds. The Hall–Kier alpha value is -2.63. The number of carbonyl (C=O) groups excluding carboxylic acids is 3. The van der Waals surface area contributed by atoms with Crippen LogP contribution in [0, 0.1) is 0 Å². The lowest BCUT2D eigenvalue weighted by Crippen LogP contribution is -2.30. The number of ether oxygens (including phenoxy) is 3. The van der Waals surface area contributed by atoms with Crippen LogP contribution in [-0.4, -0.2) is 37.2 Å². The molecule has 0 fully saturated rings. The van der Waals surface area contributed by atoms with Crippen LogP contribution < -0.4 is 0 Å². The summed E-state index contributed by atoms with van der Waals surface area (Å²) in [5.41, 5.74) is 0. The van der Waals surface area contributed by atoms with Gasteiger partial charge in [-0.2, -0.15) is 0 Å². The fraction of sp³-hybridized carbons (Fsp3) is 0.820. The monoisotopic (exact) mass is 939 g/mol. The molecule has 0 saturated heterocycles. The van der Waals surface area contributed by atoms with Crippen molar-refractivity contribution in [3.63, 3.8) is 0 Å². The minimum atomic E-state index is -0.780. The molecule has 0 bridgehead atoms. The van der Waals surface area contributed by atoms with E-state index in [-0.39, 0.29) is 31.1 Å². The van der Waals surface area contributed by atoms with Gasteiger partial charge < -0.3 is 14.2 Å². The largest absolute Gasteiger partial charge is 0.462 e. The molecule has 1 atom stereocenters. The fourth-order valence-electron chi connectivity index (χ4n) is 8.39. The first-order valence-electron chi connectivity index (χ1n) is 29.1. The van der Waals surface area contributed by atoms with E-state index in [1.165, 1.54) is 173 Å². The number of carbonyl (C=O) groups is 3. The van der Waals surface area contributed by atoms with Gasteiger partial charge in [-0.1, -0.05) is 249 Å². The van der Waals surface area contributed by atoms with Gasteiger partial charge in [-0.15, -0.1) is 0 Å². The summed E-state index contributed by atoms with van der Waals surface area (Å²) in [6.45, 7) is 6.62. The minimum absolute atomic E-state index is 0.0771. The summed E-state index contributed by atoms with van der Waals surface area (Å²) in [4.78, 5) is 38.2. The maximum absolute atomic E-state index is 12.8. The summed E-state index contributed by atoms with van der Waals surface area (Å²) in [7, 11) is 0. The van der Waals surface area contributed by atoms with E-state index < -0.39 is 6.10 Å². The summed E-state index contributed by atoms with van der Waals surface area (Å²) in [5, 5.41) is 0. The van der Waals surface area contributed by atoms with Crippen molar-refractivity contribution in [2.75, 3.05) is 13.2 Å². The smallest absolute Gasteiger partial charge is 0.306 e. The first-order valence-corrected chi connectivity index (χ1v) is 29.1. The fourth-order valence-corrected chi connectivity index (χ4v) is 8.39. The molecule has 0 radical (unpaired) electrons. The van der Waals surface area contributed by atoms with E-state index in [4.69, 9.17) is 14.2 Å². The van der Waals surface area contributed by atoms with Crippen LogP contribution in [0.25, 0.3) is 0 Å². The Morgan fingerprint density at radius 3 is 0.866 bits per heavy atom. The van der Waals surface area contributed by atoms with Crippen molar-refractivity contribution in [2.45, 2.75) is 309 Å². The zero-order valence-electron chi connectivity index (χ0n) is 44.7. The van der Waals surface area contributed by atoms with Gasteiger partial charge in [0, 0.05) is 19.3 Å². The van der Waals surface area contributed by atoms with Crippen molar-refractivity contribution in [2.24, 2.45) is 0 Å². The Kier molecular flexibility index (Phi) is 53.8. The van der Waals surface area contributed by atoms with E-state index in [2.05, 4.69) is 69.4 Å². The van der Waals surface area contributed by atoms with Crippen LogP contribution in [0.2, 0.25) is 0 Å². The van der Waals surface area contributed by atoms with Crippen LogP contribution in [-0.2, 0) is 28.6 Å². The third-order valence-corrected chi connectivity index (χ3v) is 12.8. The molecule has 0 aromatic heterocycles. The predicted molar refractivity (Wildman–Crippen MR) is 289 cm³/mol. The summed E-state index contributed by atoms with van der Waals surface area (Å²) in [6, 6.07) is 0. The molecule has 0 aromatic rings. The number of esters is 3. The molecule has 0 spiro atoms. The van der Waals surface area contributed by atoms with Gasteiger partial charge in [0.05, 0.1) is 0 Å². The van der Waals surface area contributed by atoms with E-state index >= 15 is 0 Å². The topological polar surface area (TPSA) is 78.9 Å². The number of allylic oxidation sites excluding steroid dienone is 8. The molecular formula is C61H110O6. The summed E-state index contributed by atoms with van der Waals surface area (Å²) in [5.74, 6) is -0.880. The molecule has 0 rings (SSSR count). The van der Waals surface area contributed by atoms with Crippen LogP contribution in [0.4, 0.5) is 0 Å². The average Bonchev–Trinajstić information content (AvgIpc) is 3.33. The summed E-state index contributed by atoms with van der Waals surface area (Å²) < 4.78 is 16.9. The van der Waals surface area contributed by atoms with Crippen molar-refractivity contribution < 1.29 is 28.6 Å². The molecule has 0 aliphatic carbocycles. The van der Waals surface area contributed by atoms with Gasteiger partial charge in [-0.05, 0) is 83.5 Å². The molecule has 6 nitrogen and oxygen atoms in total. The van der Waals surface area contributed by atoms with Gasteiger partial charge in [0.15, 0.2) is 6.10 Å². The van der Waals surface area contributed by atoms with Crippen LogP contribution in [0.1, 0.15) is 303 Å². The molecule has 6 heteroatoms. The molecule has 390 valence electrons. The zero-order chi connectivity index (χ0) is 48.6. The molecule has 1 unspecified atom stereocenters. The van der Waals surface area contributed by atoms with Crippen molar-refractivity contribution in [3.8, 4) is 0 Å². The highest BCUT2D eigenvalue weighted by Gasteiger charge is 2.19. The quantitative estimate of drug-likeness (QED) is 0.0262. The first kappa shape index (κ1) is 64.4. The van der Waals surface area contributed by atoms with Gasteiger partial charge in [-0.3, -0.25) is 14.4 Å². The normalized spacial score (nSPS) is 12.3. The molecule has 0 N–H and O–H groups in total. The molecule has 0 aromatic carbocycles. The van der Waals surface area contributed by atoms with E-state index in [1.807, 2.05) is 0 Å². The first-order chi connectivity index (χ1) is 33.0. The van der Waals surface area contributed by atoms with Crippen molar-refractivity contribution >= 4 is 17.9 Å². The lowest BCUT2D eigenvalue weighted by Gasteiger charge is -2.18. The SMILES string of the molecule is CCCCC/C=C\C/C=C\CCCCCCCCCCCC(=O)OCC(COC(=O)CCCCCCCCCCCCCCCC)OC(=O)CCCCCCC/C=C\C/C=C\CCCCCC. The Morgan fingerprint density at radius 1 is 0.299 bits per heavy atom. The molecular weight excluding hydrogens is 829 g/mol. The van der Waals surface area contributed by atoms with Crippen molar-refractivity contribution in [3.05, 3.63) is 48.6 Å². The standard InChI is InChI=1S/C61H110O6/c1-4-7-10-13-16-19-22-25-28-30-31-32-34-36-39-42-45-48-51-54-60(63)66-57-58(56-65-59(62)53-50-47-44-41-38-35-27-24-21-18-15-12-9-6-3)67-61(64)55-52-49-46-43-40-37-33-29-26-23-20-17-14-11-8-5-2/h16,19-20,23,25,28-29,33,58H,4-15,17-18,21-22,24,26-27,30-32,34-57H2,1-3H3/b19-16-,23-20-,28-25-,33-29-. The highest BCUT2D eigenvalue weighted by atomic mass is 16.6. The van der Waals surface area contributed by atoms with Crippen molar-refractivity contribution in [1.29, 1.82) is 0 Å². The lowest BCUT2D eigenvalue weighted by molar-refractivity contribution is -0.167. The molecule has 0 saturated carbocycles. The number of hydrogen-bond acceptors (Lipinski definition) is 6. The van der Waals surface area contributed by atoms with E-state index in [1.54, 1.807) is 0 Å². The van der Waals surface area contributed by atoms with Crippen LogP contribution in [0.15, 0.2) is 48.6 Å². The maximum atomic E-state index is 12.8. The van der Waals surface area contributed by atoms with Gasteiger partial charge in [0.1, 0.15) is 13.2 Å². The van der Waals surface area contributed by atoms with Gasteiger partial charge >= 0.3 is 17.9 Å². The van der Waals surface area contributed by atoms with Crippen LogP contribution in [0.3, 0.4) is 0 Å². The second kappa shape index (κ2) is 56.0. The van der Waals surface area contributed by atoms with E-state index in [9.17, 15) is 14.4 Å². The number of hydrogen-bond donors (Lipinski definition) is 0. The highest BCUT2D eigenvalue weighted by Crippen LogP contribution is 2.16. The maximum Gasteiger partial charge on any atom is 0.306 e. The predicted octanol–water partition coefficient (Wildman–Crippen LogP) is 19.4. The molecule has 67 heavy (non-hydrogen) atoms. The Balaban J connectivity index is 4.37. The van der Waals surface area contributed by atoms with Crippen LogP contribution in [0.5, 0.6) is 0 Å². The summed E-state index contributed by atoms with van der Waals surface area (Å²) in [6.07, 6.45) is 68.1. The van der Waals surface area contributed by atoms with E-state index in [0.717, 1.165) is 89.9 Å². The van der Waals surface area contributed by atoms with Crippen LogP contribution >= 0.6 is 0 Å². The number of rotatable bonds is 53. The van der Waals surface area contributed by atoms with Gasteiger partial charge in [0.25, 0.3) is 0 Å². The Bertz CT molecular complexity index is 1170. The van der Waals surface area contributed by atoms with E-state index in [0.29, 0.717) is 19.3 Å². The Labute approximate surface area is 416 Å². The van der Waals surface area contributed by atoms with Gasteiger partial charge in [-0.25, -0.2) is 0 Å². The second-order valence-corrected chi connectivity index (χ2v) is 19.6. The highest BCUT2D eigenvalue weighted by molar-refractivity contribution is 5.71. The third-order valence-electron chi connectivity index (χ3n) is 12.8. The molecule has 0 aliphatic rings. The molecule has 0 heterocycles. The Morgan fingerprint density at radius 2 is 0.537 bits per heavy atom. The number of unbranched alkanes of at least 4 members (excludes halogenated alkanes) is 34. The molecule has 0 aliphatic heterocycles. The minimum Gasteiger partial charge on any atom is -0.462 e. The lowest BCUT2D eigenvalue weighted by atomic mass is 10.0. The van der Waals surface area contributed by atoms with Crippen molar-refractivity contribution in [1.82, 2.24) is 0 Å². The average molecular weight is 940 g/mol.